The van der Waals surface area contributed by atoms with E-state index in [1.807, 2.05) is 32.1 Å². The van der Waals surface area contributed by atoms with Crippen LogP contribution in [0.1, 0.15) is 26.3 Å². The average Bonchev–Trinajstić information content (AvgIpc) is 2.53. The van der Waals surface area contributed by atoms with Gasteiger partial charge in [0.1, 0.15) is 17.3 Å². The highest BCUT2D eigenvalue weighted by molar-refractivity contribution is 5.73. The van der Waals surface area contributed by atoms with Crippen molar-refractivity contribution < 1.29 is 18.7 Å². The van der Waals surface area contributed by atoms with Crippen LogP contribution in [0.3, 0.4) is 0 Å². The summed E-state index contributed by atoms with van der Waals surface area (Å²) in [5, 5.41) is 2.76. The van der Waals surface area contributed by atoms with Crippen LogP contribution >= 0.6 is 0 Å². The van der Waals surface area contributed by atoms with Crippen molar-refractivity contribution in [3.8, 4) is 17.4 Å². The van der Waals surface area contributed by atoms with Crippen LogP contribution in [0.5, 0.6) is 17.4 Å². The lowest BCUT2D eigenvalue weighted by atomic mass is 10.2. The summed E-state index contributed by atoms with van der Waals surface area (Å²) in [4.78, 5) is 15.2. The number of aromatic nitrogens is 1. The second-order valence-electron chi connectivity index (χ2n) is 5.44. The highest BCUT2D eigenvalue weighted by atomic mass is 19.1. The number of hydrogen-bond acceptors (Lipinski definition) is 4. The Bertz CT molecular complexity index is 745. The van der Waals surface area contributed by atoms with Gasteiger partial charge in [-0.3, -0.25) is 4.79 Å². The molecule has 0 saturated heterocycles. The number of carbonyl (C=O) groups excluding carboxylic acids is 1. The fourth-order valence-electron chi connectivity index (χ4n) is 2.14. The first-order chi connectivity index (χ1) is 12.0. The topological polar surface area (TPSA) is 60.5 Å². The van der Waals surface area contributed by atoms with Gasteiger partial charge in [-0.25, -0.2) is 9.37 Å². The molecule has 1 N–H and O–H groups in total. The van der Waals surface area contributed by atoms with E-state index < -0.39 is 5.82 Å². The first-order valence-electron chi connectivity index (χ1n) is 7.99. The van der Waals surface area contributed by atoms with E-state index in [4.69, 9.17) is 9.47 Å². The van der Waals surface area contributed by atoms with Gasteiger partial charge in [0, 0.05) is 43.4 Å². The number of pyridine rings is 1. The van der Waals surface area contributed by atoms with Crippen molar-refractivity contribution in [3.63, 3.8) is 0 Å². The molecule has 0 spiro atoms. The van der Waals surface area contributed by atoms with E-state index in [2.05, 4.69) is 10.3 Å². The molecule has 2 rings (SSSR count). The third-order valence-electron chi connectivity index (χ3n) is 3.15. The van der Waals surface area contributed by atoms with Crippen molar-refractivity contribution in [1.82, 2.24) is 10.3 Å². The van der Waals surface area contributed by atoms with Crippen molar-refractivity contribution in [2.45, 2.75) is 26.8 Å². The summed E-state index contributed by atoms with van der Waals surface area (Å²) in [5.74, 6) is 0.552. The number of nitrogens with zero attached hydrogens (tertiary/aromatic N) is 1. The lowest BCUT2D eigenvalue weighted by Crippen LogP contribution is -2.28. The second-order valence-corrected chi connectivity index (χ2v) is 5.44. The summed E-state index contributed by atoms with van der Waals surface area (Å²) in [6.45, 7) is 5.62. The predicted molar refractivity (Wildman–Crippen MR) is 94.2 cm³/mol. The Morgan fingerprint density at radius 3 is 2.72 bits per heavy atom. The van der Waals surface area contributed by atoms with Crippen LogP contribution in [0.25, 0.3) is 6.08 Å². The zero-order valence-corrected chi connectivity index (χ0v) is 14.5. The minimum Gasteiger partial charge on any atom is -0.494 e. The summed E-state index contributed by atoms with van der Waals surface area (Å²) < 4.78 is 24.4. The fourth-order valence-corrected chi connectivity index (χ4v) is 2.14. The maximum atomic E-state index is 13.6. The first kappa shape index (κ1) is 18.4. The molecule has 2 aromatic rings. The van der Waals surface area contributed by atoms with Gasteiger partial charge in [-0.1, -0.05) is 12.2 Å². The molecule has 1 atom stereocenters. The van der Waals surface area contributed by atoms with Crippen LogP contribution in [0.4, 0.5) is 4.39 Å². The molecule has 132 valence electrons. The fraction of sp³-hybridized carbons (Fsp3) is 0.263. The Morgan fingerprint density at radius 1 is 1.32 bits per heavy atom. The van der Waals surface area contributed by atoms with E-state index in [1.165, 1.54) is 19.1 Å². The van der Waals surface area contributed by atoms with Crippen LogP contribution in [0, 0.1) is 5.82 Å². The maximum absolute atomic E-state index is 13.6. The second kappa shape index (κ2) is 8.82. The first-order valence-corrected chi connectivity index (χ1v) is 7.99. The number of amides is 1. The van der Waals surface area contributed by atoms with Crippen molar-refractivity contribution in [2.75, 3.05) is 6.61 Å². The molecule has 0 saturated carbocycles. The normalized spacial score (nSPS) is 12.0. The number of hydrogen-bond donors (Lipinski definition) is 1. The molecule has 1 heterocycles. The Labute approximate surface area is 146 Å². The van der Waals surface area contributed by atoms with E-state index in [1.54, 1.807) is 18.3 Å². The number of halogens is 1. The largest absolute Gasteiger partial charge is 0.494 e. The lowest BCUT2D eigenvalue weighted by molar-refractivity contribution is -0.119. The number of nitrogens with one attached hydrogen (secondary N) is 1. The SMILES string of the molecule is CCOc1cc(F)cc(Oc2ccc(C=C[C@H](C)NC(C)=O)cn2)c1. The molecule has 0 fully saturated rings. The van der Waals surface area contributed by atoms with Crippen molar-refractivity contribution >= 4 is 12.0 Å². The standard InChI is InChI=1S/C19H21FN2O3/c1-4-24-17-9-16(20)10-18(11-17)25-19-8-7-15(12-21-19)6-5-13(2)22-14(3)23/h5-13H,4H2,1-3H3,(H,22,23)/t13-/m0/s1. The van der Waals surface area contributed by atoms with Gasteiger partial charge in [0.05, 0.1) is 6.61 Å². The molecule has 5 nitrogen and oxygen atoms in total. The van der Waals surface area contributed by atoms with Gasteiger partial charge in [-0.15, -0.1) is 0 Å². The molecule has 0 aliphatic rings. The lowest BCUT2D eigenvalue weighted by Gasteiger charge is -2.08. The van der Waals surface area contributed by atoms with Crippen molar-refractivity contribution in [3.05, 3.63) is 54.0 Å². The van der Waals surface area contributed by atoms with Gasteiger partial charge >= 0.3 is 0 Å². The molecule has 0 aliphatic carbocycles. The predicted octanol–water partition coefficient (Wildman–Crippen LogP) is 3.95. The van der Waals surface area contributed by atoms with Gasteiger partial charge in [0.25, 0.3) is 0 Å². The molecule has 0 bridgehead atoms. The quantitative estimate of drug-likeness (QED) is 0.826. The monoisotopic (exact) mass is 344 g/mol. The summed E-state index contributed by atoms with van der Waals surface area (Å²) in [5.41, 5.74) is 0.860. The van der Waals surface area contributed by atoms with Crippen LogP contribution < -0.4 is 14.8 Å². The van der Waals surface area contributed by atoms with Gasteiger partial charge < -0.3 is 14.8 Å². The van der Waals surface area contributed by atoms with Crippen LogP contribution in [-0.2, 0) is 4.79 Å². The molecular formula is C19H21FN2O3. The molecule has 0 aliphatic heterocycles. The molecule has 1 aromatic heterocycles. The smallest absolute Gasteiger partial charge is 0.219 e. The van der Waals surface area contributed by atoms with Crippen molar-refractivity contribution in [2.24, 2.45) is 0 Å². The van der Waals surface area contributed by atoms with E-state index in [9.17, 15) is 9.18 Å². The van der Waals surface area contributed by atoms with Crippen LogP contribution in [0.15, 0.2) is 42.6 Å². The number of ether oxygens (including phenoxy) is 2. The molecule has 25 heavy (non-hydrogen) atoms. The number of benzene rings is 1. The van der Waals surface area contributed by atoms with Gasteiger partial charge in [0.15, 0.2) is 0 Å². The number of carbonyl (C=O) groups is 1. The Morgan fingerprint density at radius 2 is 2.08 bits per heavy atom. The highest BCUT2D eigenvalue weighted by Gasteiger charge is 2.05. The Balaban J connectivity index is 2.03. The maximum Gasteiger partial charge on any atom is 0.219 e. The van der Waals surface area contributed by atoms with E-state index >= 15 is 0 Å². The minimum absolute atomic E-state index is 0.0716. The Hall–Kier alpha value is -2.89. The third-order valence-corrected chi connectivity index (χ3v) is 3.15. The summed E-state index contributed by atoms with van der Waals surface area (Å²) in [6.07, 6.45) is 5.35. The Kier molecular flexibility index (Phi) is 6.51. The summed E-state index contributed by atoms with van der Waals surface area (Å²) in [7, 11) is 0. The van der Waals surface area contributed by atoms with E-state index in [0.717, 1.165) is 5.56 Å². The average molecular weight is 344 g/mol. The zero-order valence-electron chi connectivity index (χ0n) is 14.5. The van der Waals surface area contributed by atoms with Gasteiger partial charge in [-0.05, 0) is 25.5 Å². The molecule has 0 radical (unpaired) electrons. The summed E-state index contributed by atoms with van der Waals surface area (Å²) in [6, 6.07) is 7.62. The molecule has 0 unspecified atom stereocenters. The van der Waals surface area contributed by atoms with Gasteiger partial charge in [-0.2, -0.15) is 0 Å². The van der Waals surface area contributed by atoms with Crippen LogP contribution in [0.2, 0.25) is 0 Å². The summed E-state index contributed by atoms with van der Waals surface area (Å²) >= 11 is 0. The third kappa shape index (κ3) is 6.25. The molecule has 6 heteroatoms. The molecule has 1 aromatic carbocycles. The van der Waals surface area contributed by atoms with E-state index in [-0.39, 0.29) is 11.9 Å². The molecule has 1 amide bonds. The highest BCUT2D eigenvalue weighted by Crippen LogP contribution is 2.26. The zero-order chi connectivity index (χ0) is 18.2. The van der Waals surface area contributed by atoms with Crippen molar-refractivity contribution in [1.29, 1.82) is 0 Å². The van der Waals surface area contributed by atoms with Crippen LogP contribution in [-0.4, -0.2) is 23.5 Å². The van der Waals surface area contributed by atoms with E-state index in [0.29, 0.717) is 24.0 Å². The minimum atomic E-state index is -0.438. The number of rotatable bonds is 7. The van der Waals surface area contributed by atoms with Gasteiger partial charge in [0.2, 0.25) is 11.8 Å². The molecular weight excluding hydrogens is 323 g/mol.